The Labute approximate surface area is 203 Å². The van der Waals surface area contributed by atoms with Gasteiger partial charge < -0.3 is 20.4 Å². The maximum atomic E-state index is 13.8. The summed E-state index contributed by atoms with van der Waals surface area (Å²) in [6.45, 7) is 1.81. The van der Waals surface area contributed by atoms with Gasteiger partial charge in [-0.15, -0.1) is 5.06 Å². The summed E-state index contributed by atoms with van der Waals surface area (Å²) in [5.41, 5.74) is -1.07. The Morgan fingerprint density at radius 2 is 1.75 bits per heavy atom. The number of aromatic nitrogens is 2. The lowest BCUT2D eigenvalue weighted by molar-refractivity contribution is -0.199. The van der Waals surface area contributed by atoms with E-state index in [-0.39, 0.29) is 11.0 Å². The van der Waals surface area contributed by atoms with Crippen molar-refractivity contribution in [3.8, 4) is 0 Å². The molecule has 0 unspecified atom stereocenters. The molecule has 2 N–H and O–H groups in total. The third-order valence-electron chi connectivity index (χ3n) is 5.50. The summed E-state index contributed by atoms with van der Waals surface area (Å²) in [7, 11) is 3.57. The van der Waals surface area contributed by atoms with E-state index in [1.54, 1.807) is 25.2 Å². The van der Waals surface area contributed by atoms with E-state index in [0.717, 1.165) is 18.1 Å². The molecule has 9 nitrogen and oxygen atoms in total. The van der Waals surface area contributed by atoms with Gasteiger partial charge in [0.15, 0.2) is 11.6 Å². The Kier molecular flexibility index (Phi) is 7.84. The van der Waals surface area contributed by atoms with Gasteiger partial charge in [0.05, 0.1) is 5.69 Å². The molecular weight excluding hydrogens is 491 g/mol. The molecule has 1 aliphatic carbocycles. The number of benzene rings is 1. The molecule has 0 bridgehead atoms. The maximum absolute atomic E-state index is 13.8. The van der Waals surface area contributed by atoms with Crippen LogP contribution in [0.2, 0.25) is 0 Å². The van der Waals surface area contributed by atoms with Crippen molar-refractivity contribution in [1.29, 1.82) is 0 Å². The molecule has 14 heteroatoms. The molecule has 0 aliphatic heterocycles. The fourth-order valence-electron chi connectivity index (χ4n) is 3.81. The second-order valence-corrected chi connectivity index (χ2v) is 8.56. The summed E-state index contributed by atoms with van der Waals surface area (Å²) < 4.78 is 65.9. The number of halogens is 5. The summed E-state index contributed by atoms with van der Waals surface area (Å²) >= 11 is 0. The maximum Gasteiger partial charge on any atom is 0.493 e. The SMILES string of the molecule is Cc1cnc(NC2(NC(=O)N(OC(=O)C(F)(F)F)c3ccc(F)c(F)c3)CCCCC2)nc1N(C)C. The van der Waals surface area contributed by atoms with Crippen molar-refractivity contribution in [2.75, 3.05) is 29.4 Å². The van der Waals surface area contributed by atoms with Crippen LogP contribution in [0.15, 0.2) is 24.4 Å². The highest BCUT2D eigenvalue weighted by Crippen LogP contribution is 2.31. The molecule has 1 fully saturated rings. The molecule has 3 rings (SSSR count). The highest BCUT2D eigenvalue weighted by atomic mass is 19.4. The first-order chi connectivity index (χ1) is 16.8. The second kappa shape index (κ2) is 10.5. The van der Waals surface area contributed by atoms with Crippen molar-refractivity contribution in [1.82, 2.24) is 15.3 Å². The Bertz CT molecular complexity index is 1120. The number of nitrogens with one attached hydrogen (secondary N) is 2. The molecule has 0 radical (unpaired) electrons. The normalized spacial score (nSPS) is 15.1. The minimum atomic E-state index is -5.45. The quantitative estimate of drug-likeness (QED) is 0.344. The topological polar surface area (TPSA) is 99.7 Å². The average Bonchev–Trinajstić information content (AvgIpc) is 2.80. The lowest BCUT2D eigenvalue weighted by Gasteiger charge is -2.39. The number of urea groups is 1. The first kappa shape index (κ1) is 26.9. The fraction of sp³-hybridized carbons (Fsp3) is 0.455. The smallest absolute Gasteiger partial charge is 0.362 e. The van der Waals surface area contributed by atoms with E-state index < -0.39 is 41.2 Å². The Morgan fingerprint density at radius 1 is 1.08 bits per heavy atom. The van der Waals surface area contributed by atoms with Crippen molar-refractivity contribution in [2.45, 2.75) is 50.9 Å². The molecule has 2 aromatic rings. The zero-order valence-electron chi connectivity index (χ0n) is 19.7. The number of aryl methyl sites for hydroxylation is 1. The van der Waals surface area contributed by atoms with Crippen LogP contribution >= 0.6 is 0 Å². The molecule has 0 saturated heterocycles. The number of hydroxylamine groups is 1. The molecular formula is C22H25F5N6O3. The van der Waals surface area contributed by atoms with Gasteiger partial charge in [-0.1, -0.05) is 6.42 Å². The summed E-state index contributed by atoms with van der Waals surface area (Å²) in [6.07, 6.45) is -1.07. The van der Waals surface area contributed by atoms with Crippen molar-refractivity contribution < 1.29 is 36.4 Å². The van der Waals surface area contributed by atoms with Crippen LogP contribution in [-0.4, -0.2) is 47.9 Å². The van der Waals surface area contributed by atoms with Gasteiger partial charge >= 0.3 is 18.2 Å². The van der Waals surface area contributed by atoms with E-state index in [2.05, 4.69) is 25.4 Å². The van der Waals surface area contributed by atoms with Gasteiger partial charge in [-0.2, -0.15) is 18.2 Å². The molecule has 2 amide bonds. The number of alkyl halides is 3. The van der Waals surface area contributed by atoms with Crippen LogP contribution in [0.4, 0.5) is 44.2 Å². The van der Waals surface area contributed by atoms with Crippen LogP contribution in [0.1, 0.15) is 37.7 Å². The highest BCUT2D eigenvalue weighted by molar-refractivity contribution is 5.93. The Balaban J connectivity index is 1.94. The summed E-state index contributed by atoms with van der Waals surface area (Å²) in [4.78, 5) is 39.4. The minimum Gasteiger partial charge on any atom is -0.362 e. The third kappa shape index (κ3) is 6.29. The molecule has 36 heavy (non-hydrogen) atoms. The summed E-state index contributed by atoms with van der Waals surface area (Å²) in [5, 5.41) is 5.55. The molecule has 1 saturated carbocycles. The number of anilines is 3. The molecule has 196 valence electrons. The van der Waals surface area contributed by atoms with Gasteiger partial charge in [-0.05, 0) is 44.7 Å². The predicted molar refractivity (Wildman–Crippen MR) is 120 cm³/mol. The van der Waals surface area contributed by atoms with Crippen LogP contribution in [0.25, 0.3) is 0 Å². The second-order valence-electron chi connectivity index (χ2n) is 8.56. The van der Waals surface area contributed by atoms with E-state index in [1.165, 1.54) is 0 Å². The van der Waals surface area contributed by atoms with Crippen LogP contribution in [-0.2, 0) is 9.63 Å². The average molecular weight is 516 g/mol. The highest BCUT2D eigenvalue weighted by Gasteiger charge is 2.45. The van der Waals surface area contributed by atoms with Crippen LogP contribution < -0.4 is 20.6 Å². The fourth-order valence-corrected chi connectivity index (χ4v) is 3.81. The monoisotopic (exact) mass is 516 g/mol. The first-order valence-corrected chi connectivity index (χ1v) is 11.0. The molecule has 0 spiro atoms. The van der Waals surface area contributed by atoms with Crippen molar-refractivity contribution in [2.24, 2.45) is 0 Å². The third-order valence-corrected chi connectivity index (χ3v) is 5.50. The number of carbonyl (C=O) groups excluding carboxylic acids is 2. The van der Waals surface area contributed by atoms with Crippen molar-refractivity contribution in [3.05, 3.63) is 41.6 Å². The largest absolute Gasteiger partial charge is 0.493 e. The predicted octanol–water partition coefficient (Wildman–Crippen LogP) is 4.44. The van der Waals surface area contributed by atoms with Gasteiger partial charge in [-0.25, -0.2) is 23.4 Å². The van der Waals surface area contributed by atoms with Crippen LogP contribution in [0, 0.1) is 18.6 Å². The number of amides is 2. The van der Waals surface area contributed by atoms with E-state index in [4.69, 9.17) is 0 Å². The van der Waals surface area contributed by atoms with Gasteiger partial charge in [0.25, 0.3) is 0 Å². The van der Waals surface area contributed by atoms with Gasteiger partial charge in [0, 0.05) is 31.9 Å². The zero-order valence-corrected chi connectivity index (χ0v) is 19.7. The molecule has 1 aromatic carbocycles. The van der Waals surface area contributed by atoms with Gasteiger partial charge in [0.1, 0.15) is 11.5 Å². The van der Waals surface area contributed by atoms with Crippen LogP contribution in [0.5, 0.6) is 0 Å². The molecule has 1 aromatic heterocycles. The summed E-state index contributed by atoms with van der Waals surface area (Å²) in [5.74, 6) is -4.72. The zero-order chi connectivity index (χ0) is 26.7. The van der Waals surface area contributed by atoms with E-state index in [0.29, 0.717) is 43.6 Å². The number of nitrogens with zero attached hydrogens (tertiary/aromatic N) is 4. The summed E-state index contributed by atoms with van der Waals surface area (Å²) in [6, 6.07) is 0.512. The molecule has 1 aliphatic rings. The lowest BCUT2D eigenvalue weighted by Crippen LogP contribution is -2.59. The first-order valence-electron chi connectivity index (χ1n) is 11.0. The van der Waals surface area contributed by atoms with Gasteiger partial charge in [0.2, 0.25) is 5.95 Å². The molecule has 0 atom stereocenters. The lowest BCUT2D eigenvalue weighted by atomic mass is 9.89. The molecule has 1 heterocycles. The van der Waals surface area contributed by atoms with Crippen molar-refractivity contribution in [3.63, 3.8) is 0 Å². The number of hydrogen-bond acceptors (Lipinski definition) is 7. The van der Waals surface area contributed by atoms with Gasteiger partial charge in [-0.3, -0.25) is 0 Å². The Morgan fingerprint density at radius 3 is 2.33 bits per heavy atom. The van der Waals surface area contributed by atoms with Crippen molar-refractivity contribution >= 4 is 29.5 Å². The Hall–Kier alpha value is -3.71. The minimum absolute atomic E-state index is 0.0579. The van der Waals surface area contributed by atoms with E-state index in [9.17, 15) is 31.5 Å². The number of rotatable bonds is 5. The van der Waals surface area contributed by atoms with E-state index >= 15 is 0 Å². The van der Waals surface area contributed by atoms with E-state index in [1.807, 2.05) is 6.92 Å². The number of carbonyl (C=O) groups is 2. The standard InChI is InChI=1S/C22H25F5N6O3/c1-13-12-28-19(29-17(13)32(2)3)30-21(9-5-4-6-10-21)31-20(35)33(36-18(34)22(25,26)27)14-7-8-15(23)16(24)11-14/h7-8,11-12H,4-6,9-10H2,1-3H3,(H,31,35)(H,28,29,30). The van der Waals surface area contributed by atoms with Crippen LogP contribution in [0.3, 0.4) is 0 Å². The number of hydrogen-bond donors (Lipinski definition) is 2.